The molecule has 2 aliphatic heterocycles. The summed E-state index contributed by atoms with van der Waals surface area (Å²) in [4.78, 5) is 0. The minimum Gasteiger partial charge on any atom is -0.378 e. The zero-order valence-corrected chi connectivity index (χ0v) is 14.2. The van der Waals surface area contributed by atoms with E-state index >= 15 is 0 Å². The summed E-state index contributed by atoms with van der Waals surface area (Å²) < 4.78 is 6.67. The molecule has 3 aliphatic rings. The van der Waals surface area contributed by atoms with Crippen molar-refractivity contribution in [3.05, 3.63) is 0 Å². The average molecular weight is 298 g/mol. The third-order valence-electron chi connectivity index (χ3n) is 5.79. The zero-order valence-electron chi connectivity index (χ0n) is 13.4. The molecule has 1 aliphatic carbocycles. The Kier molecular flexibility index (Phi) is 5.36. The molecule has 0 amide bonds. The Balaban J connectivity index is 1.40. The average Bonchev–Trinajstić information content (AvgIpc) is 3.24. The van der Waals surface area contributed by atoms with Crippen LogP contribution in [0.25, 0.3) is 0 Å². The van der Waals surface area contributed by atoms with Gasteiger partial charge in [0.2, 0.25) is 0 Å². The fraction of sp³-hybridized carbons (Fsp3) is 1.00. The Morgan fingerprint density at radius 2 is 1.85 bits per heavy atom. The van der Waals surface area contributed by atoms with Gasteiger partial charge in [-0.15, -0.1) is 0 Å². The van der Waals surface area contributed by atoms with Crippen LogP contribution in [0.4, 0.5) is 0 Å². The number of hydrogen-bond acceptors (Lipinski definition) is 1. The molecule has 0 aromatic rings. The van der Waals surface area contributed by atoms with Crippen LogP contribution in [0.1, 0.15) is 84.0 Å². The molecule has 20 heavy (non-hydrogen) atoms. The number of rotatable bonds is 6. The van der Waals surface area contributed by atoms with Gasteiger partial charge < -0.3 is 4.74 Å². The maximum absolute atomic E-state index is 5.87. The first-order valence-corrected chi connectivity index (χ1v) is 10.6. The molecule has 1 nitrogen and oxygen atoms in total. The van der Waals surface area contributed by atoms with E-state index in [0.717, 1.165) is 27.5 Å². The van der Waals surface area contributed by atoms with Crippen LogP contribution >= 0.6 is 0 Å². The van der Waals surface area contributed by atoms with Gasteiger partial charge in [-0.1, -0.05) is 12.8 Å². The Morgan fingerprint density at radius 1 is 1.05 bits per heavy atom. The summed E-state index contributed by atoms with van der Waals surface area (Å²) in [6, 6.07) is 0. The normalized spacial score (nSPS) is 36.8. The van der Waals surface area contributed by atoms with Gasteiger partial charge in [0, 0.05) is 17.5 Å². The molecule has 0 aromatic heterocycles. The van der Waals surface area contributed by atoms with Crippen molar-refractivity contribution in [2.75, 3.05) is 12.4 Å². The maximum Gasteiger partial charge on any atom is 0.160 e. The first-order chi connectivity index (χ1) is 9.80. The van der Waals surface area contributed by atoms with Crippen LogP contribution in [0.15, 0.2) is 0 Å². The van der Waals surface area contributed by atoms with Crippen LogP contribution in [0.5, 0.6) is 0 Å². The molecular weight excluding hydrogens is 264 g/mol. The van der Waals surface area contributed by atoms with Gasteiger partial charge in [-0.3, -0.25) is 0 Å². The summed E-state index contributed by atoms with van der Waals surface area (Å²) >= 11 is 0. The first kappa shape index (κ1) is 15.2. The molecule has 0 bridgehead atoms. The lowest BCUT2D eigenvalue weighted by atomic mass is 9.84. The van der Waals surface area contributed by atoms with E-state index in [1.54, 1.807) is 18.6 Å². The fourth-order valence-corrected chi connectivity index (χ4v) is 7.57. The molecule has 3 atom stereocenters. The van der Waals surface area contributed by atoms with Gasteiger partial charge >= 0.3 is 0 Å². The summed E-state index contributed by atoms with van der Waals surface area (Å²) in [6.07, 6.45) is 18.0. The van der Waals surface area contributed by atoms with E-state index < -0.39 is 0 Å². The monoisotopic (exact) mass is 297 g/mol. The van der Waals surface area contributed by atoms with Crippen LogP contribution in [-0.2, 0) is 15.6 Å². The first-order valence-electron chi connectivity index (χ1n) is 9.12. The van der Waals surface area contributed by atoms with Crippen LogP contribution in [-0.4, -0.2) is 28.5 Å². The van der Waals surface area contributed by atoms with Crippen LogP contribution in [0, 0.1) is 0 Å². The van der Waals surface area contributed by atoms with Crippen molar-refractivity contribution in [1.82, 2.24) is 0 Å². The molecule has 3 rings (SSSR count). The molecule has 1 saturated carbocycles. The standard InChI is InChI=1S/C18H33OS/c1-16-15-20(16)18(11-5-2-6-12-18)13-7-3-9-17-10-4-8-14-19-17/h16-17H,2-15H2,1H3/q+1. The van der Waals surface area contributed by atoms with E-state index in [-0.39, 0.29) is 0 Å². The van der Waals surface area contributed by atoms with Crippen molar-refractivity contribution >= 4 is 10.9 Å². The molecular formula is C18H33OS+. The number of unbranched alkanes of at least 4 members (excludes halogenated alkanes) is 1. The van der Waals surface area contributed by atoms with E-state index in [1.807, 2.05) is 0 Å². The second-order valence-corrected chi connectivity index (χ2v) is 10.2. The van der Waals surface area contributed by atoms with Gasteiger partial charge in [0.25, 0.3) is 0 Å². The minimum atomic E-state index is 0.605. The lowest BCUT2D eigenvalue weighted by Crippen LogP contribution is -2.35. The summed E-state index contributed by atoms with van der Waals surface area (Å²) in [7, 11) is 0.805. The van der Waals surface area contributed by atoms with Crippen LogP contribution in [0.2, 0.25) is 0 Å². The van der Waals surface area contributed by atoms with Gasteiger partial charge in [0.1, 0.15) is 4.75 Å². The third kappa shape index (κ3) is 3.74. The molecule has 0 aromatic carbocycles. The lowest BCUT2D eigenvalue weighted by Gasteiger charge is -2.31. The summed E-state index contributed by atoms with van der Waals surface area (Å²) in [5.74, 6) is 1.56. The summed E-state index contributed by atoms with van der Waals surface area (Å²) in [6.45, 7) is 3.52. The van der Waals surface area contributed by atoms with E-state index in [0.29, 0.717) is 6.10 Å². The van der Waals surface area contributed by atoms with Crippen LogP contribution < -0.4 is 0 Å². The van der Waals surface area contributed by atoms with Crippen molar-refractivity contribution in [3.8, 4) is 0 Å². The second-order valence-electron chi connectivity index (χ2n) is 7.38. The molecule has 3 fully saturated rings. The summed E-state index contributed by atoms with van der Waals surface area (Å²) in [5, 5.41) is 1.06. The largest absolute Gasteiger partial charge is 0.378 e. The van der Waals surface area contributed by atoms with Gasteiger partial charge in [0.05, 0.1) is 6.10 Å². The summed E-state index contributed by atoms with van der Waals surface area (Å²) in [5.41, 5.74) is 0. The lowest BCUT2D eigenvalue weighted by molar-refractivity contribution is 0.00964. The topological polar surface area (TPSA) is 9.23 Å². The van der Waals surface area contributed by atoms with Gasteiger partial charge in [-0.05, 0) is 71.1 Å². The molecule has 0 radical (unpaired) electrons. The molecule has 116 valence electrons. The fourth-order valence-electron chi connectivity index (χ4n) is 4.51. The van der Waals surface area contributed by atoms with Gasteiger partial charge in [-0.25, -0.2) is 0 Å². The third-order valence-corrected chi connectivity index (χ3v) is 9.08. The molecule has 0 N–H and O–H groups in total. The molecule has 3 unspecified atom stereocenters. The highest BCUT2D eigenvalue weighted by molar-refractivity contribution is 8.05. The SMILES string of the molecule is CC1C[S+]1C1(CCCCC2CCCCO2)CCCCC1. The molecule has 2 saturated heterocycles. The highest BCUT2D eigenvalue weighted by atomic mass is 32.2. The Labute approximate surface area is 128 Å². The quantitative estimate of drug-likeness (QED) is 0.387. The molecule has 2 heterocycles. The smallest absolute Gasteiger partial charge is 0.160 e. The minimum absolute atomic E-state index is 0.605. The Morgan fingerprint density at radius 3 is 2.50 bits per heavy atom. The van der Waals surface area contributed by atoms with E-state index in [2.05, 4.69) is 6.92 Å². The van der Waals surface area contributed by atoms with E-state index in [4.69, 9.17) is 4.74 Å². The Hall–Kier alpha value is 0.310. The van der Waals surface area contributed by atoms with Crippen LogP contribution in [0.3, 0.4) is 0 Å². The predicted molar refractivity (Wildman–Crippen MR) is 89.6 cm³/mol. The molecule has 2 heteroatoms. The number of hydrogen-bond donors (Lipinski definition) is 0. The highest BCUT2D eigenvalue weighted by Crippen LogP contribution is 2.49. The van der Waals surface area contributed by atoms with Crippen molar-refractivity contribution in [1.29, 1.82) is 0 Å². The van der Waals surface area contributed by atoms with E-state index in [9.17, 15) is 0 Å². The Bertz CT molecular complexity index is 292. The van der Waals surface area contributed by atoms with E-state index in [1.165, 1.54) is 64.2 Å². The van der Waals surface area contributed by atoms with Crippen molar-refractivity contribution < 1.29 is 4.74 Å². The highest BCUT2D eigenvalue weighted by Gasteiger charge is 2.60. The maximum atomic E-state index is 5.87. The number of ether oxygens (including phenoxy) is 1. The van der Waals surface area contributed by atoms with Crippen molar-refractivity contribution in [3.63, 3.8) is 0 Å². The van der Waals surface area contributed by atoms with Gasteiger partial charge in [0.15, 0.2) is 11.0 Å². The van der Waals surface area contributed by atoms with Crippen molar-refractivity contribution in [2.24, 2.45) is 0 Å². The zero-order chi connectivity index (χ0) is 13.8. The molecule has 0 spiro atoms. The van der Waals surface area contributed by atoms with Gasteiger partial charge in [-0.2, -0.15) is 0 Å². The second kappa shape index (κ2) is 7.05. The predicted octanol–water partition coefficient (Wildman–Crippen LogP) is 4.84. The van der Waals surface area contributed by atoms with Crippen molar-refractivity contribution in [2.45, 2.75) is 100 Å².